The van der Waals surface area contributed by atoms with Gasteiger partial charge in [0.25, 0.3) is 5.56 Å². The molecule has 0 fully saturated rings. The number of halogens is 4. The normalized spacial score (nSPS) is 12.4. The van der Waals surface area contributed by atoms with Gasteiger partial charge in [-0.2, -0.15) is 13.2 Å². The fourth-order valence-electron chi connectivity index (χ4n) is 5.60. The van der Waals surface area contributed by atoms with Gasteiger partial charge < -0.3 is 19.9 Å². The van der Waals surface area contributed by atoms with Gasteiger partial charge in [0.05, 0.1) is 41.2 Å². The summed E-state index contributed by atoms with van der Waals surface area (Å²) in [7, 11) is 1.78. The van der Waals surface area contributed by atoms with Crippen LogP contribution in [0.3, 0.4) is 0 Å². The Balaban J connectivity index is 1.88. The molecular weight excluding hydrogens is 614 g/mol. The molecule has 8 nitrogen and oxygen atoms in total. The molecule has 0 spiro atoms. The van der Waals surface area contributed by atoms with Crippen molar-refractivity contribution >= 4 is 16.8 Å². The summed E-state index contributed by atoms with van der Waals surface area (Å²) in [6.45, 7) is 9.02. The topological polar surface area (TPSA) is 79.7 Å². The van der Waals surface area contributed by atoms with Crippen LogP contribution in [0, 0.1) is 5.82 Å². The van der Waals surface area contributed by atoms with Gasteiger partial charge in [0.1, 0.15) is 17.4 Å². The lowest BCUT2D eigenvalue weighted by Gasteiger charge is -2.34. The number of alkyl halides is 3. The Kier molecular flexibility index (Phi) is 12.1. The molecule has 1 atom stereocenters. The van der Waals surface area contributed by atoms with Crippen LogP contribution >= 0.6 is 0 Å². The van der Waals surface area contributed by atoms with Crippen LogP contribution in [0.2, 0.25) is 0 Å². The van der Waals surface area contributed by atoms with E-state index in [1.54, 1.807) is 60.5 Å². The van der Waals surface area contributed by atoms with E-state index in [1.807, 2.05) is 20.8 Å². The first-order chi connectivity index (χ1) is 22.5. The van der Waals surface area contributed by atoms with Gasteiger partial charge in [-0.1, -0.05) is 32.0 Å². The van der Waals surface area contributed by atoms with E-state index < -0.39 is 29.5 Å². The van der Waals surface area contributed by atoms with E-state index in [4.69, 9.17) is 9.72 Å². The highest BCUT2D eigenvalue weighted by Gasteiger charge is 2.35. The number of rotatable bonds is 15. The van der Waals surface area contributed by atoms with E-state index in [9.17, 15) is 27.2 Å². The number of carbonyl (C=O) groups is 1. The Morgan fingerprint density at radius 3 is 2.32 bits per heavy atom. The van der Waals surface area contributed by atoms with Crippen molar-refractivity contribution in [3.8, 4) is 11.4 Å². The molecule has 0 saturated carbocycles. The van der Waals surface area contributed by atoms with Crippen molar-refractivity contribution < 1.29 is 27.1 Å². The third kappa shape index (κ3) is 8.55. The zero-order valence-electron chi connectivity index (χ0n) is 27.1. The van der Waals surface area contributed by atoms with Crippen molar-refractivity contribution in [2.75, 3.05) is 46.4 Å². The van der Waals surface area contributed by atoms with Gasteiger partial charge in [-0.3, -0.25) is 14.2 Å². The largest absolute Gasteiger partial charge is 0.494 e. The lowest BCUT2D eigenvalue weighted by atomic mass is 10.0. The average molecular weight is 656 g/mol. The van der Waals surface area contributed by atoms with Gasteiger partial charge in [-0.25, -0.2) is 9.37 Å². The van der Waals surface area contributed by atoms with Gasteiger partial charge in [0.2, 0.25) is 5.91 Å². The van der Waals surface area contributed by atoms with Crippen molar-refractivity contribution in [1.82, 2.24) is 24.7 Å². The minimum absolute atomic E-state index is 0.107. The second kappa shape index (κ2) is 16.0. The number of hydrogen-bond acceptors (Lipinski definition) is 6. The number of ether oxygens (including phenoxy) is 1. The number of nitrogens with zero attached hydrogens (tertiary/aromatic N) is 4. The minimum atomic E-state index is -4.85. The highest BCUT2D eigenvalue weighted by molar-refractivity contribution is 5.80. The summed E-state index contributed by atoms with van der Waals surface area (Å²) < 4.78 is 61.4. The maximum atomic E-state index is 14.5. The number of fused-ring (bicyclic) bond motifs is 1. The molecule has 1 amide bonds. The number of nitrogens with one attached hydrogen (secondary N) is 1. The molecule has 0 aliphatic carbocycles. The van der Waals surface area contributed by atoms with Crippen molar-refractivity contribution in [1.29, 1.82) is 0 Å². The smallest absolute Gasteiger partial charge is 0.419 e. The van der Waals surface area contributed by atoms with Gasteiger partial charge >= 0.3 is 6.18 Å². The number of hydrogen-bond donors (Lipinski definition) is 1. The van der Waals surface area contributed by atoms with E-state index in [0.717, 1.165) is 25.2 Å². The number of benzene rings is 3. The van der Waals surface area contributed by atoms with Crippen LogP contribution in [0.1, 0.15) is 50.2 Å². The van der Waals surface area contributed by atoms with Gasteiger partial charge in [0.15, 0.2) is 0 Å². The number of carbonyl (C=O) groups excluding carboxylic acids is 1. The maximum Gasteiger partial charge on any atom is 0.419 e. The molecule has 252 valence electrons. The molecule has 4 rings (SSSR count). The number of amides is 1. The van der Waals surface area contributed by atoms with Crippen LogP contribution in [0.15, 0.2) is 71.5 Å². The summed E-state index contributed by atoms with van der Waals surface area (Å²) in [5.74, 6) is -0.909. The first kappa shape index (κ1) is 35.6. The summed E-state index contributed by atoms with van der Waals surface area (Å²) in [5, 5.41) is 3.52. The lowest BCUT2D eigenvalue weighted by molar-refractivity contribution is -0.140. The molecular formula is C35H41F4N5O3. The molecule has 0 bridgehead atoms. The van der Waals surface area contributed by atoms with E-state index in [2.05, 4.69) is 10.2 Å². The summed E-state index contributed by atoms with van der Waals surface area (Å²) in [4.78, 5) is 37.1. The van der Waals surface area contributed by atoms with E-state index >= 15 is 0 Å². The highest BCUT2D eigenvalue weighted by atomic mass is 19.4. The molecule has 1 N–H and O–H groups in total. The van der Waals surface area contributed by atoms with Crippen LogP contribution in [-0.4, -0.2) is 71.6 Å². The highest BCUT2D eigenvalue weighted by Crippen LogP contribution is 2.32. The van der Waals surface area contributed by atoms with Crippen LogP contribution in [-0.2, 0) is 17.4 Å². The summed E-state index contributed by atoms with van der Waals surface area (Å²) >= 11 is 0. The fraction of sp³-hybridized carbons (Fsp3) is 0.400. The molecule has 1 unspecified atom stereocenters. The van der Waals surface area contributed by atoms with Crippen molar-refractivity contribution in [3.63, 3.8) is 0 Å². The molecule has 0 radical (unpaired) electrons. The van der Waals surface area contributed by atoms with Crippen LogP contribution in [0.25, 0.3) is 16.6 Å². The number of aromatic nitrogens is 2. The molecule has 3 aromatic carbocycles. The number of likely N-dealkylation sites (N-methyl/N-ethyl adjacent to an activating group) is 1. The molecule has 0 saturated heterocycles. The Morgan fingerprint density at radius 1 is 1.00 bits per heavy atom. The molecule has 47 heavy (non-hydrogen) atoms. The zero-order chi connectivity index (χ0) is 34.1. The Labute approximate surface area is 272 Å². The van der Waals surface area contributed by atoms with Gasteiger partial charge in [-0.05, 0) is 94.1 Å². The predicted molar refractivity (Wildman–Crippen MR) is 174 cm³/mol. The van der Waals surface area contributed by atoms with E-state index in [-0.39, 0.29) is 24.1 Å². The second-order valence-electron chi connectivity index (χ2n) is 11.1. The predicted octanol–water partition coefficient (Wildman–Crippen LogP) is 6.01. The minimum Gasteiger partial charge on any atom is -0.494 e. The fourth-order valence-corrected chi connectivity index (χ4v) is 5.60. The molecule has 1 heterocycles. The van der Waals surface area contributed by atoms with Crippen molar-refractivity contribution in [2.45, 2.75) is 45.8 Å². The summed E-state index contributed by atoms with van der Waals surface area (Å²) in [6, 6.07) is 15.8. The Bertz CT molecular complexity index is 1700. The quantitative estimate of drug-likeness (QED) is 0.158. The molecule has 12 heteroatoms. The molecule has 0 aliphatic heterocycles. The third-order valence-electron chi connectivity index (χ3n) is 8.12. The van der Waals surface area contributed by atoms with Crippen molar-refractivity contribution in [3.05, 3.63) is 99.9 Å². The zero-order valence-corrected chi connectivity index (χ0v) is 27.1. The Morgan fingerprint density at radius 2 is 1.70 bits per heavy atom. The van der Waals surface area contributed by atoms with Gasteiger partial charge in [0, 0.05) is 13.1 Å². The average Bonchev–Trinajstić information content (AvgIpc) is 3.04. The summed E-state index contributed by atoms with van der Waals surface area (Å²) in [5.41, 5.74) is -0.604. The second-order valence-corrected chi connectivity index (χ2v) is 11.1. The van der Waals surface area contributed by atoms with Crippen LogP contribution in [0.5, 0.6) is 5.75 Å². The lowest BCUT2D eigenvalue weighted by Crippen LogP contribution is -2.44. The van der Waals surface area contributed by atoms with E-state index in [1.165, 1.54) is 4.57 Å². The SMILES string of the molecule is CCOc1ccc(-n2c(C(CCNC)N(CCN(CC)CC)C(=O)Cc3ccc(C(F)(F)F)c(F)c3)nc3ccccc3c2=O)cc1. The Hall–Kier alpha value is -4.29. The maximum absolute atomic E-state index is 14.5. The molecule has 0 aliphatic rings. The standard InChI is InChI=1S/C35H41F4N5O3/c1-5-42(6-2)20-21-43(32(45)23-24-12-17-28(29(36)22-24)35(37,38)39)31(18-19-40-4)33-41-30-11-9-8-10-27(30)34(46)44(33)25-13-15-26(16-14-25)47-7-3/h8-17,22,31,40H,5-7,18-21,23H2,1-4H3. The van der Waals surface area contributed by atoms with Crippen LogP contribution in [0.4, 0.5) is 17.6 Å². The molecule has 1 aromatic heterocycles. The van der Waals surface area contributed by atoms with Crippen LogP contribution < -0.4 is 15.6 Å². The van der Waals surface area contributed by atoms with Crippen molar-refractivity contribution in [2.24, 2.45) is 0 Å². The van der Waals surface area contributed by atoms with E-state index in [0.29, 0.717) is 60.3 Å². The first-order valence-corrected chi connectivity index (χ1v) is 15.8. The van der Waals surface area contributed by atoms with Gasteiger partial charge in [-0.15, -0.1) is 0 Å². The third-order valence-corrected chi connectivity index (χ3v) is 8.12. The number of para-hydroxylation sites is 1. The first-order valence-electron chi connectivity index (χ1n) is 15.8. The molecule has 4 aromatic rings. The summed E-state index contributed by atoms with van der Waals surface area (Å²) in [6.07, 6.45) is -4.83. The monoisotopic (exact) mass is 655 g/mol.